The Kier molecular flexibility index (Phi) is 6.60. The van der Waals surface area contributed by atoms with Crippen molar-refractivity contribution in [3.8, 4) is 17.0 Å². The second-order valence-corrected chi connectivity index (χ2v) is 8.06. The molecule has 0 saturated heterocycles. The van der Waals surface area contributed by atoms with Crippen LogP contribution in [-0.2, 0) is 4.79 Å². The van der Waals surface area contributed by atoms with Crippen molar-refractivity contribution in [3.63, 3.8) is 0 Å². The summed E-state index contributed by atoms with van der Waals surface area (Å²) in [6, 6.07) is 19.2. The number of benzene rings is 2. The highest BCUT2D eigenvalue weighted by Gasteiger charge is 2.19. The normalized spacial score (nSPS) is 12.0. The largest absolute Gasteiger partial charge is 0.478 e. The number of thioether (sulfide) groups is 1. The van der Waals surface area contributed by atoms with Gasteiger partial charge in [0.1, 0.15) is 11.5 Å². The maximum Gasteiger partial charge on any atom is 0.336 e. The summed E-state index contributed by atoms with van der Waals surface area (Å²) < 4.78 is 7.21. The predicted molar refractivity (Wildman–Crippen MR) is 121 cm³/mol. The molecule has 2 N–H and O–H groups in total. The van der Waals surface area contributed by atoms with Gasteiger partial charge in [-0.25, -0.2) is 10.2 Å². The first-order valence-corrected chi connectivity index (χ1v) is 10.7. The van der Waals surface area contributed by atoms with E-state index in [2.05, 4.69) is 26.1 Å². The van der Waals surface area contributed by atoms with Gasteiger partial charge < -0.3 is 9.52 Å². The van der Waals surface area contributed by atoms with Crippen molar-refractivity contribution in [1.29, 1.82) is 0 Å². The molecule has 0 unspecified atom stereocenters. The molecule has 10 nitrogen and oxygen atoms in total. The van der Waals surface area contributed by atoms with Crippen LogP contribution < -0.4 is 5.43 Å². The minimum Gasteiger partial charge on any atom is -0.478 e. The summed E-state index contributed by atoms with van der Waals surface area (Å²) in [4.78, 5) is 23.8. The standard InChI is InChI=1S/C22H18N6O4S/c1-14(33-22-25-26-27-28(22)15-7-3-2-4-8-15)20(29)24-23-13-16-11-12-19(32-16)17-9-5-6-10-18(17)21(30)31/h2-14H,1H3,(H,24,29)(H,30,31)/b23-13-/t14-/m0/s1. The zero-order valence-electron chi connectivity index (χ0n) is 17.3. The van der Waals surface area contributed by atoms with Gasteiger partial charge in [-0.3, -0.25) is 4.79 Å². The summed E-state index contributed by atoms with van der Waals surface area (Å²) in [5, 5.41) is 24.9. The molecule has 4 aromatic rings. The molecule has 2 heterocycles. The van der Waals surface area contributed by atoms with Gasteiger partial charge in [0, 0.05) is 5.56 Å². The lowest BCUT2D eigenvalue weighted by molar-refractivity contribution is -0.120. The summed E-state index contributed by atoms with van der Waals surface area (Å²) in [5.41, 5.74) is 3.83. The lowest BCUT2D eigenvalue weighted by Gasteiger charge is -2.09. The maximum absolute atomic E-state index is 12.4. The van der Waals surface area contributed by atoms with Crippen molar-refractivity contribution in [2.24, 2.45) is 5.10 Å². The number of amides is 1. The number of para-hydroxylation sites is 1. The van der Waals surface area contributed by atoms with Crippen LogP contribution in [0.1, 0.15) is 23.0 Å². The minimum atomic E-state index is -1.05. The van der Waals surface area contributed by atoms with E-state index >= 15 is 0 Å². The third-order valence-electron chi connectivity index (χ3n) is 4.51. The molecule has 0 aliphatic heterocycles. The third kappa shape index (κ3) is 5.15. The Morgan fingerprint density at radius 3 is 2.67 bits per heavy atom. The highest BCUT2D eigenvalue weighted by molar-refractivity contribution is 8.00. The number of carbonyl (C=O) groups is 2. The predicted octanol–water partition coefficient (Wildman–Crippen LogP) is 3.25. The van der Waals surface area contributed by atoms with E-state index in [1.807, 2.05) is 30.3 Å². The maximum atomic E-state index is 12.4. The minimum absolute atomic E-state index is 0.132. The SMILES string of the molecule is C[C@H](Sc1nnnn1-c1ccccc1)C(=O)N/N=C\c1ccc(-c2ccccc2C(=O)O)o1. The first-order chi connectivity index (χ1) is 16.0. The van der Waals surface area contributed by atoms with Crippen LogP contribution in [0.5, 0.6) is 0 Å². The summed E-state index contributed by atoms with van der Waals surface area (Å²) in [6.45, 7) is 1.72. The van der Waals surface area contributed by atoms with Crippen LogP contribution in [0.4, 0.5) is 0 Å². The van der Waals surface area contributed by atoms with Gasteiger partial charge in [-0.05, 0) is 47.7 Å². The number of nitrogens with one attached hydrogen (secondary N) is 1. The number of rotatable bonds is 8. The molecule has 0 aliphatic carbocycles. The Balaban J connectivity index is 1.38. The van der Waals surface area contributed by atoms with Gasteiger partial charge >= 0.3 is 5.97 Å². The lowest BCUT2D eigenvalue weighted by atomic mass is 10.1. The number of carbonyl (C=O) groups excluding carboxylic acids is 1. The van der Waals surface area contributed by atoms with Gasteiger partial charge in [-0.2, -0.15) is 9.78 Å². The van der Waals surface area contributed by atoms with Crippen LogP contribution >= 0.6 is 11.8 Å². The number of carboxylic acids is 1. The topological polar surface area (TPSA) is 136 Å². The molecule has 1 atom stereocenters. The van der Waals surface area contributed by atoms with Crippen LogP contribution in [0, 0.1) is 0 Å². The molecule has 1 amide bonds. The first kappa shape index (κ1) is 22.0. The molecule has 0 saturated carbocycles. The quantitative estimate of drug-likeness (QED) is 0.231. The molecule has 4 rings (SSSR count). The van der Waals surface area contributed by atoms with E-state index in [0.717, 1.165) is 5.69 Å². The molecule has 0 fully saturated rings. The van der Waals surface area contributed by atoms with E-state index in [1.54, 1.807) is 41.9 Å². The molecule has 2 aromatic heterocycles. The van der Waals surface area contributed by atoms with E-state index in [-0.39, 0.29) is 11.5 Å². The molecule has 33 heavy (non-hydrogen) atoms. The Morgan fingerprint density at radius 1 is 1.12 bits per heavy atom. The number of hydrogen-bond acceptors (Lipinski definition) is 8. The van der Waals surface area contributed by atoms with Crippen molar-refractivity contribution in [1.82, 2.24) is 25.6 Å². The molecule has 0 radical (unpaired) electrons. The fourth-order valence-corrected chi connectivity index (χ4v) is 3.70. The number of hydrazone groups is 1. The second-order valence-electron chi connectivity index (χ2n) is 6.76. The molecule has 11 heteroatoms. The Labute approximate surface area is 192 Å². The molecule has 0 aliphatic rings. The van der Waals surface area contributed by atoms with Crippen LogP contribution in [0.25, 0.3) is 17.0 Å². The van der Waals surface area contributed by atoms with E-state index in [0.29, 0.717) is 22.2 Å². The number of aromatic carboxylic acids is 1. The lowest BCUT2D eigenvalue weighted by Crippen LogP contribution is -2.27. The van der Waals surface area contributed by atoms with E-state index < -0.39 is 11.2 Å². The Bertz CT molecular complexity index is 1300. The summed E-state index contributed by atoms with van der Waals surface area (Å²) in [6.07, 6.45) is 1.34. The van der Waals surface area contributed by atoms with Crippen molar-refractivity contribution in [2.45, 2.75) is 17.3 Å². The second kappa shape index (κ2) is 9.92. The summed E-state index contributed by atoms with van der Waals surface area (Å²) in [5.74, 6) is -0.646. The average molecular weight is 462 g/mol. The van der Waals surface area contributed by atoms with E-state index in [1.165, 1.54) is 24.0 Å². The van der Waals surface area contributed by atoms with Gasteiger partial charge in [0.2, 0.25) is 5.16 Å². The zero-order valence-corrected chi connectivity index (χ0v) is 18.1. The fourth-order valence-electron chi connectivity index (χ4n) is 2.90. The number of nitrogens with zero attached hydrogens (tertiary/aromatic N) is 5. The zero-order chi connectivity index (χ0) is 23.2. The number of tetrazole rings is 1. The third-order valence-corrected chi connectivity index (χ3v) is 5.54. The Morgan fingerprint density at radius 2 is 1.88 bits per heavy atom. The van der Waals surface area contributed by atoms with Gasteiger partial charge in [0.15, 0.2) is 0 Å². The molecular weight excluding hydrogens is 444 g/mol. The average Bonchev–Trinajstić information content (AvgIpc) is 3.49. The van der Waals surface area contributed by atoms with Gasteiger partial charge in [0.05, 0.1) is 22.7 Å². The fraction of sp³-hybridized carbons (Fsp3) is 0.0909. The number of aromatic nitrogens is 4. The number of furan rings is 1. The van der Waals surface area contributed by atoms with Gasteiger partial charge in [-0.15, -0.1) is 5.10 Å². The molecule has 0 bridgehead atoms. The van der Waals surface area contributed by atoms with Crippen LogP contribution in [0.15, 0.2) is 81.4 Å². The van der Waals surface area contributed by atoms with Crippen LogP contribution in [0.2, 0.25) is 0 Å². The van der Waals surface area contributed by atoms with E-state index in [4.69, 9.17) is 4.42 Å². The Hall–Kier alpha value is -4.25. The number of hydrogen-bond donors (Lipinski definition) is 2. The van der Waals surface area contributed by atoms with E-state index in [9.17, 15) is 14.7 Å². The smallest absolute Gasteiger partial charge is 0.336 e. The summed E-state index contributed by atoms with van der Waals surface area (Å²) >= 11 is 1.19. The molecular formula is C22H18N6O4S. The monoisotopic (exact) mass is 462 g/mol. The highest BCUT2D eigenvalue weighted by Crippen LogP contribution is 2.26. The molecule has 0 spiro atoms. The highest BCUT2D eigenvalue weighted by atomic mass is 32.2. The van der Waals surface area contributed by atoms with Crippen molar-refractivity contribution < 1.29 is 19.1 Å². The van der Waals surface area contributed by atoms with Crippen molar-refractivity contribution in [2.75, 3.05) is 0 Å². The first-order valence-electron chi connectivity index (χ1n) is 9.79. The number of carboxylic acid groups (broad SMARTS) is 1. The van der Waals surface area contributed by atoms with Gasteiger partial charge in [-0.1, -0.05) is 48.2 Å². The van der Waals surface area contributed by atoms with Crippen molar-refractivity contribution in [3.05, 3.63) is 78.1 Å². The molecule has 166 valence electrons. The molecule has 2 aromatic carbocycles. The summed E-state index contributed by atoms with van der Waals surface area (Å²) in [7, 11) is 0. The van der Waals surface area contributed by atoms with Crippen molar-refractivity contribution >= 4 is 29.9 Å². The van der Waals surface area contributed by atoms with Crippen LogP contribution in [-0.4, -0.2) is 48.7 Å². The van der Waals surface area contributed by atoms with Gasteiger partial charge in [0.25, 0.3) is 5.91 Å². The van der Waals surface area contributed by atoms with Crippen LogP contribution in [0.3, 0.4) is 0 Å².